The molecule has 0 amide bonds. The Kier molecular flexibility index (Phi) is 3.45. The summed E-state index contributed by atoms with van der Waals surface area (Å²) in [4.78, 5) is 15.1. The van der Waals surface area contributed by atoms with Crippen LogP contribution in [-0.4, -0.2) is 10.9 Å². The molecule has 0 bridgehead atoms. The van der Waals surface area contributed by atoms with Crippen LogP contribution in [0.5, 0.6) is 0 Å². The van der Waals surface area contributed by atoms with Crippen molar-refractivity contribution in [3.05, 3.63) is 76.3 Å². The largest absolute Gasteiger partial charge is 0.355 e. The Balaban J connectivity index is 1.78. The summed E-state index contributed by atoms with van der Waals surface area (Å²) in [5.41, 5.74) is 3.74. The van der Waals surface area contributed by atoms with Gasteiger partial charge in [-0.3, -0.25) is 4.79 Å². The average Bonchev–Trinajstić information content (AvgIpc) is 3.09. The molecular weight excluding hydrogens is 366 g/mol. The van der Waals surface area contributed by atoms with E-state index in [1.807, 2.05) is 49.4 Å². The molecule has 3 aromatic carbocycles. The third-order valence-electron chi connectivity index (χ3n) is 4.56. The first-order chi connectivity index (χ1) is 12.6. The molecule has 0 atom stereocenters. The summed E-state index contributed by atoms with van der Waals surface area (Å²) in [5, 5.41) is 5.31. The van der Waals surface area contributed by atoms with Crippen molar-refractivity contribution < 1.29 is 9.32 Å². The topological polar surface area (TPSA) is 43.1 Å². The van der Waals surface area contributed by atoms with E-state index in [2.05, 4.69) is 17.3 Å². The van der Waals surface area contributed by atoms with Gasteiger partial charge in [-0.05, 0) is 25.1 Å². The highest BCUT2D eigenvalue weighted by atomic mass is 35.5. The molecule has 0 radical (unpaired) electrons. The average molecular weight is 378 g/mol. The number of ketones is 1. The van der Waals surface area contributed by atoms with Crippen molar-refractivity contribution in [1.29, 1.82) is 0 Å². The zero-order valence-electron chi connectivity index (χ0n) is 13.7. The van der Waals surface area contributed by atoms with E-state index in [-0.39, 0.29) is 5.78 Å². The van der Waals surface area contributed by atoms with Gasteiger partial charge in [0.15, 0.2) is 11.5 Å². The number of hydrogen-bond acceptors (Lipinski definition) is 4. The first kappa shape index (κ1) is 15.7. The van der Waals surface area contributed by atoms with Crippen molar-refractivity contribution in [2.75, 3.05) is 0 Å². The second kappa shape index (κ2) is 5.73. The number of aryl methyl sites for hydroxylation is 1. The maximum absolute atomic E-state index is 13.2. The number of nitrogens with zero attached hydrogens (tertiary/aromatic N) is 1. The molecule has 3 nitrogen and oxygen atoms in total. The van der Waals surface area contributed by atoms with Crippen LogP contribution in [-0.2, 0) is 0 Å². The molecule has 5 rings (SSSR count). The number of hydrogen-bond donors (Lipinski definition) is 0. The van der Waals surface area contributed by atoms with Gasteiger partial charge in [-0.15, -0.1) is 0 Å². The molecule has 5 heteroatoms. The van der Waals surface area contributed by atoms with Gasteiger partial charge in [0.1, 0.15) is 5.52 Å². The molecule has 4 aromatic rings. The summed E-state index contributed by atoms with van der Waals surface area (Å²) in [5.74, 6) is 0.589. The van der Waals surface area contributed by atoms with Crippen LogP contribution in [0.15, 0.2) is 68.9 Å². The van der Waals surface area contributed by atoms with E-state index in [9.17, 15) is 4.79 Å². The van der Waals surface area contributed by atoms with Gasteiger partial charge >= 0.3 is 0 Å². The zero-order chi connectivity index (χ0) is 17.8. The van der Waals surface area contributed by atoms with E-state index in [1.54, 1.807) is 0 Å². The van der Waals surface area contributed by atoms with Crippen LogP contribution in [0.3, 0.4) is 0 Å². The summed E-state index contributed by atoms with van der Waals surface area (Å²) in [6, 6.07) is 17.4. The minimum absolute atomic E-state index is 0.0208. The quantitative estimate of drug-likeness (QED) is 0.370. The van der Waals surface area contributed by atoms with Gasteiger partial charge in [0, 0.05) is 26.5 Å². The number of halogens is 1. The minimum atomic E-state index is -0.0208. The lowest BCUT2D eigenvalue weighted by Gasteiger charge is -2.17. The fourth-order valence-corrected chi connectivity index (χ4v) is 4.60. The van der Waals surface area contributed by atoms with Crippen molar-refractivity contribution in [1.82, 2.24) is 5.16 Å². The van der Waals surface area contributed by atoms with Gasteiger partial charge in [0.2, 0.25) is 0 Å². The van der Waals surface area contributed by atoms with E-state index in [1.165, 1.54) is 17.3 Å². The molecule has 1 heterocycles. The number of rotatable bonds is 2. The van der Waals surface area contributed by atoms with Crippen LogP contribution in [0, 0.1) is 6.92 Å². The molecule has 1 aliphatic carbocycles. The van der Waals surface area contributed by atoms with Crippen molar-refractivity contribution in [3.8, 4) is 11.3 Å². The molecule has 1 aromatic heterocycles. The highest BCUT2D eigenvalue weighted by Crippen LogP contribution is 2.46. The van der Waals surface area contributed by atoms with Crippen molar-refractivity contribution in [2.24, 2.45) is 0 Å². The number of aromatic nitrogens is 1. The molecule has 0 aliphatic heterocycles. The second-order valence-corrected chi connectivity index (χ2v) is 7.78. The van der Waals surface area contributed by atoms with E-state index in [4.69, 9.17) is 16.1 Å². The van der Waals surface area contributed by atoms with Crippen molar-refractivity contribution in [3.63, 3.8) is 0 Å². The van der Waals surface area contributed by atoms with E-state index in [0.29, 0.717) is 32.8 Å². The third-order valence-corrected chi connectivity index (χ3v) is 5.90. The van der Waals surface area contributed by atoms with Crippen LogP contribution >= 0.6 is 23.4 Å². The fourth-order valence-electron chi connectivity index (χ4n) is 3.30. The Morgan fingerprint density at radius 2 is 1.77 bits per heavy atom. The van der Waals surface area contributed by atoms with Crippen LogP contribution < -0.4 is 0 Å². The Morgan fingerprint density at radius 1 is 1.04 bits per heavy atom. The SMILES string of the molecule is Cc1ccc(Sc2cc(Cl)c3noc4c3c2C(=O)c2ccccc2-4)cc1. The lowest BCUT2D eigenvalue weighted by atomic mass is 9.88. The lowest BCUT2D eigenvalue weighted by molar-refractivity contribution is 0.103. The van der Waals surface area contributed by atoms with Gasteiger partial charge in [-0.25, -0.2) is 0 Å². The van der Waals surface area contributed by atoms with Crippen LogP contribution in [0.25, 0.3) is 22.2 Å². The van der Waals surface area contributed by atoms with Crippen molar-refractivity contribution >= 4 is 40.0 Å². The number of carbonyl (C=O) groups excluding carboxylic acids is 1. The minimum Gasteiger partial charge on any atom is -0.355 e. The molecule has 0 spiro atoms. The monoisotopic (exact) mass is 377 g/mol. The zero-order valence-corrected chi connectivity index (χ0v) is 15.3. The van der Waals surface area contributed by atoms with Gasteiger partial charge in [0.05, 0.1) is 10.4 Å². The summed E-state index contributed by atoms with van der Waals surface area (Å²) >= 11 is 7.97. The molecule has 26 heavy (non-hydrogen) atoms. The smallest absolute Gasteiger partial charge is 0.195 e. The van der Waals surface area contributed by atoms with Gasteiger partial charge in [0.25, 0.3) is 0 Å². The molecule has 0 unspecified atom stereocenters. The lowest BCUT2D eigenvalue weighted by Crippen LogP contribution is -2.10. The van der Waals surface area contributed by atoms with Crippen molar-refractivity contribution in [2.45, 2.75) is 16.7 Å². The van der Waals surface area contributed by atoms with Crippen LogP contribution in [0.4, 0.5) is 0 Å². The second-order valence-electron chi connectivity index (χ2n) is 6.26. The predicted molar refractivity (Wildman–Crippen MR) is 103 cm³/mol. The maximum atomic E-state index is 13.2. The molecular formula is C21H12ClNO2S. The standard InChI is InChI=1S/C21H12ClNO2S/c1-11-6-8-12(9-7-11)26-16-10-15(22)19-18-17(16)20(24)13-4-2-3-5-14(13)21(18)25-23-19/h2-10H,1H3. The molecule has 1 aliphatic rings. The molecule has 0 fully saturated rings. The van der Waals surface area contributed by atoms with Gasteiger partial charge in [-0.2, -0.15) is 0 Å². The van der Waals surface area contributed by atoms with E-state index >= 15 is 0 Å². The van der Waals surface area contributed by atoms with Gasteiger partial charge in [-0.1, -0.05) is 70.5 Å². The maximum Gasteiger partial charge on any atom is 0.195 e. The Labute approximate surface area is 159 Å². The summed E-state index contributed by atoms with van der Waals surface area (Å²) < 4.78 is 5.58. The normalized spacial score (nSPS) is 12.5. The number of carbonyl (C=O) groups is 1. The van der Waals surface area contributed by atoms with Crippen LogP contribution in [0.1, 0.15) is 21.5 Å². The van der Waals surface area contributed by atoms with Crippen LogP contribution in [0.2, 0.25) is 5.02 Å². The summed E-state index contributed by atoms with van der Waals surface area (Å²) in [6.07, 6.45) is 0. The van der Waals surface area contributed by atoms with Gasteiger partial charge < -0.3 is 4.52 Å². The highest BCUT2D eigenvalue weighted by Gasteiger charge is 2.32. The summed E-state index contributed by atoms with van der Waals surface area (Å²) in [7, 11) is 0. The molecule has 0 N–H and O–H groups in total. The Bertz CT molecular complexity index is 1190. The van der Waals surface area contributed by atoms with E-state index in [0.717, 1.165) is 15.4 Å². The number of benzene rings is 3. The molecule has 0 saturated heterocycles. The third kappa shape index (κ3) is 2.23. The predicted octanol–water partition coefficient (Wildman–Crippen LogP) is 6.15. The highest BCUT2D eigenvalue weighted by molar-refractivity contribution is 7.99. The first-order valence-corrected chi connectivity index (χ1v) is 9.33. The summed E-state index contributed by atoms with van der Waals surface area (Å²) in [6.45, 7) is 2.05. The molecule has 0 saturated carbocycles. The first-order valence-electron chi connectivity index (χ1n) is 8.14. The number of fused-ring (bicyclic) bond motifs is 2. The fraction of sp³-hybridized carbons (Fsp3) is 0.0476. The Morgan fingerprint density at radius 3 is 2.54 bits per heavy atom. The Hall–Kier alpha value is -2.56. The molecule has 126 valence electrons. The van der Waals surface area contributed by atoms with E-state index < -0.39 is 0 Å².